The molecule has 1 aliphatic heterocycles. The summed E-state index contributed by atoms with van der Waals surface area (Å²) < 4.78 is 11.1. The van der Waals surface area contributed by atoms with Gasteiger partial charge >= 0.3 is 0 Å². The SMILES string of the molecule is CC1=C(N)Nc2cc(C(C)(N)c3ccco3)ccc2O1. The molecule has 3 rings (SSSR count). The van der Waals surface area contributed by atoms with Crippen molar-refractivity contribution in [2.24, 2.45) is 11.5 Å². The molecule has 5 heteroatoms. The van der Waals surface area contributed by atoms with Crippen LogP contribution < -0.4 is 21.5 Å². The topological polar surface area (TPSA) is 86.4 Å². The second-order valence-electron chi connectivity index (χ2n) is 5.09. The minimum atomic E-state index is -0.717. The van der Waals surface area contributed by atoms with Crippen molar-refractivity contribution >= 4 is 5.69 Å². The van der Waals surface area contributed by atoms with Crippen LogP contribution in [0.3, 0.4) is 0 Å². The van der Waals surface area contributed by atoms with Crippen LogP contribution in [0.25, 0.3) is 0 Å². The molecule has 20 heavy (non-hydrogen) atoms. The minimum Gasteiger partial charge on any atom is -0.467 e. The molecular formula is C15H17N3O2. The molecular weight excluding hydrogens is 254 g/mol. The average molecular weight is 271 g/mol. The maximum Gasteiger partial charge on any atom is 0.150 e. The van der Waals surface area contributed by atoms with Crippen molar-refractivity contribution in [2.75, 3.05) is 5.32 Å². The molecule has 2 heterocycles. The van der Waals surface area contributed by atoms with Gasteiger partial charge in [0.15, 0.2) is 5.75 Å². The Kier molecular flexibility index (Phi) is 2.72. The maximum absolute atomic E-state index is 6.39. The Bertz CT molecular complexity index is 672. The third-order valence-corrected chi connectivity index (χ3v) is 3.52. The number of ether oxygens (including phenoxy) is 1. The third-order valence-electron chi connectivity index (χ3n) is 3.52. The van der Waals surface area contributed by atoms with E-state index in [1.54, 1.807) is 6.26 Å². The lowest BCUT2D eigenvalue weighted by Crippen LogP contribution is -2.34. The van der Waals surface area contributed by atoms with Gasteiger partial charge in [0.2, 0.25) is 0 Å². The van der Waals surface area contributed by atoms with Gasteiger partial charge in [-0.2, -0.15) is 0 Å². The first kappa shape index (κ1) is 12.6. The van der Waals surface area contributed by atoms with E-state index in [0.29, 0.717) is 17.3 Å². The van der Waals surface area contributed by atoms with Crippen molar-refractivity contribution in [1.29, 1.82) is 0 Å². The Labute approximate surface area is 117 Å². The molecule has 1 aliphatic rings. The van der Waals surface area contributed by atoms with Gasteiger partial charge in [-0.1, -0.05) is 6.07 Å². The zero-order valence-corrected chi connectivity index (χ0v) is 11.4. The summed E-state index contributed by atoms with van der Waals surface area (Å²) in [6, 6.07) is 9.42. The van der Waals surface area contributed by atoms with E-state index in [9.17, 15) is 0 Å². The summed E-state index contributed by atoms with van der Waals surface area (Å²) in [5.74, 6) is 2.60. The van der Waals surface area contributed by atoms with E-state index in [0.717, 1.165) is 17.0 Å². The number of hydrogen-bond acceptors (Lipinski definition) is 5. The summed E-state index contributed by atoms with van der Waals surface area (Å²) in [6.07, 6.45) is 1.62. The predicted octanol–water partition coefficient (Wildman–Crippen LogP) is 2.45. The molecule has 5 nitrogen and oxygen atoms in total. The van der Waals surface area contributed by atoms with Crippen LogP contribution in [0.15, 0.2) is 52.6 Å². The molecule has 104 valence electrons. The van der Waals surface area contributed by atoms with Crippen LogP contribution in [0.5, 0.6) is 5.75 Å². The summed E-state index contributed by atoms with van der Waals surface area (Å²) in [7, 11) is 0. The van der Waals surface area contributed by atoms with Crippen LogP contribution in [-0.4, -0.2) is 0 Å². The average Bonchev–Trinajstić information content (AvgIpc) is 2.94. The van der Waals surface area contributed by atoms with E-state index in [4.69, 9.17) is 20.6 Å². The lowest BCUT2D eigenvalue weighted by atomic mass is 9.90. The summed E-state index contributed by atoms with van der Waals surface area (Å²) in [6.45, 7) is 3.72. The number of fused-ring (bicyclic) bond motifs is 1. The van der Waals surface area contributed by atoms with Gasteiger partial charge in [0.25, 0.3) is 0 Å². The highest BCUT2D eigenvalue weighted by molar-refractivity contribution is 5.64. The fourth-order valence-corrected chi connectivity index (χ4v) is 2.21. The molecule has 1 aromatic carbocycles. The van der Waals surface area contributed by atoms with Crippen molar-refractivity contribution in [3.63, 3.8) is 0 Å². The fraction of sp³-hybridized carbons (Fsp3) is 0.200. The fourth-order valence-electron chi connectivity index (χ4n) is 2.21. The molecule has 0 bridgehead atoms. The van der Waals surface area contributed by atoms with Gasteiger partial charge in [0.05, 0.1) is 17.5 Å². The molecule has 0 aliphatic carbocycles. The molecule has 5 N–H and O–H groups in total. The van der Waals surface area contributed by atoms with Crippen LogP contribution in [0, 0.1) is 0 Å². The van der Waals surface area contributed by atoms with Crippen molar-refractivity contribution in [3.05, 3.63) is 59.5 Å². The van der Waals surface area contributed by atoms with Crippen molar-refractivity contribution < 1.29 is 9.15 Å². The molecule has 1 aromatic heterocycles. The van der Waals surface area contributed by atoms with E-state index in [1.165, 1.54) is 0 Å². The van der Waals surface area contributed by atoms with Gasteiger partial charge in [-0.25, -0.2) is 0 Å². The zero-order valence-electron chi connectivity index (χ0n) is 11.4. The van der Waals surface area contributed by atoms with Crippen molar-refractivity contribution in [2.45, 2.75) is 19.4 Å². The summed E-state index contributed by atoms with van der Waals surface area (Å²) in [5.41, 5.74) is 13.2. The van der Waals surface area contributed by atoms with Crippen molar-refractivity contribution in [1.82, 2.24) is 0 Å². The van der Waals surface area contributed by atoms with Gasteiger partial charge in [0.1, 0.15) is 17.3 Å². The second kappa shape index (κ2) is 4.31. The lowest BCUT2D eigenvalue weighted by Gasteiger charge is -2.26. The first-order valence-corrected chi connectivity index (χ1v) is 6.37. The van der Waals surface area contributed by atoms with E-state index in [-0.39, 0.29) is 0 Å². The Morgan fingerprint density at radius 2 is 2.05 bits per heavy atom. The molecule has 0 amide bonds. The number of allylic oxidation sites excluding steroid dienone is 1. The van der Waals surface area contributed by atoms with Gasteiger partial charge in [-0.05, 0) is 43.7 Å². The quantitative estimate of drug-likeness (QED) is 0.781. The summed E-state index contributed by atoms with van der Waals surface area (Å²) >= 11 is 0. The number of benzene rings is 1. The first-order valence-electron chi connectivity index (χ1n) is 6.37. The van der Waals surface area contributed by atoms with Crippen LogP contribution >= 0.6 is 0 Å². The third kappa shape index (κ3) is 1.92. The van der Waals surface area contributed by atoms with Gasteiger partial charge in [-0.3, -0.25) is 0 Å². The smallest absolute Gasteiger partial charge is 0.150 e. The number of rotatable bonds is 2. The first-order chi connectivity index (χ1) is 9.48. The van der Waals surface area contributed by atoms with Crippen LogP contribution in [-0.2, 0) is 5.54 Å². The Hall–Kier alpha value is -2.40. The van der Waals surface area contributed by atoms with E-state index in [2.05, 4.69) is 5.32 Å². The Morgan fingerprint density at radius 3 is 2.75 bits per heavy atom. The van der Waals surface area contributed by atoms with Crippen LogP contribution in [0.2, 0.25) is 0 Å². The molecule has 0 radical (unpaired) electrons. The van der Waals surface area contributed by atoms with Crippen molar-refractivity contribution in [3.8, 4) is 5.75 Å². The normalized spacial score (nSPS) is 16.9. The maximum atomic E-state index is 6.39. The number of hydrogen-bond donors (Lipinski definition) is 3. The lowest BCUT2D eigenvalue weighted by molar-refractivity contribution is 0.408. The molecule has 0 saturated heterocycles. The zero-order chi connectivity index (χ0) is 14.3. The molecule has 1 atom stereocenters. The highest BCUT2D eigenvalue weighted by Crippen LogP contribution is 2.36. The van der Waals surface area contributed by atoms with Gasteiger partial charge in [-0.15, -0.1) is 0 Å². The summed E-state index contributed by atoms with van der Waals surface area (Å²) in [5, 5.41) is 3.11. The summed E-state index contributed by atoms with van der Waals surface area (Å²) in [4.78, 5) is 0. The standard InChI is InChI=1S/C15H17N3O2/c1-9-14(16)18-11-8-10(5-6-12(11)20-9)15(2,17)13-4-3-7-19-13/h3-8,18H,16-17H2,1-2H3. The number of nitrogens with two attached hydrogens (primary N) is 2. The van der Waals surface area contributed by atoms with Gasteiger partial charge < -0.3 is 25.9 Å². The molecule has 0 spiro atoms. The molecule has 2 aromatic rings. The monoisotopic (exact) mass is 271 g/mol. The highest BCUT2D eigenvalue weighted by atomic mass is 16.5. The largest absolute Gasteiger partial charge is 0.467 e. The number of nitrogens with one attached hydrogen (secondary N) is 1. The minimum absolute atomic E-state index is 0.506. The Morgan fingerprint density at radius 1 is 1.25 bits per heavy atom. The highest BCUT2D eigenvalue weighted by Gasteiger charge is 2.28. The van der Waals surface area contributed by atoms with Crippen LogP contribution in [0.1, 0.15) is 25.2 Å². The van der Waals surface area contributed by atoms with E-state index in [1.807, 2.05) is 44.2 Å². The number of anilines is 1. The van der Waals surface area contributed by atoms with E-state index >= 15 is 0 Å². The molecule has 0 fully saturated rings. The molecule has 1 unspecified atom stereocenters. The predicted molar refractivity (Wildman–Crippen MR) is 76.9 cm³/mol. The Balaban J connectivity index is 2.01. The van der Waals surface area contributed by atoms with Gasteiger partial charge in [0, 0.05) is 0 Å². The number of furan rings is 1. The second-order valence-corrected chi connectivity index (χ2v) is 5.09. The van der Waals surface area contributed by atoms with Crippen LogP contribution in [0.4, 0.5) is 5.69 Å². The molecule has 0 saturated carbocycles. The van der Waals surface area contributed by atoms with E-state index < -0.39 is 5.54 Å².